The molecule has 1 aromatic heterocycles. The Morgan fingerprint density at radius 2 is 2.00 bits per heavy atom. The van der Waals surface area contributed by atoms with Crippen molar-refractivity contribution >= 4 is 20.0 Å². The maximum absolute atomic E-state index is 16.0. The fraction of sp³-hybridized carbons (Fsp3) is 0.565. The topological polar surface area (TPSA) is 132 Å². The van der Waals surface area contributed by atoms with Crippen LogP contribution in [0.15, 0.2) is 17.1 Å². The van der Waals surface area contributed by atoms with E-state index in [1.54, 1.807) is 33.8 Å². The summed E-state index contributed by atoms with van der Waals surface area (Å²) < 4.78 is 82.2. The van der Waals surface area contributed by atoms with Crippen LogP contribution in [-0.4, -0.2) is 44.4 Å². The van der Waals surface area contributed by atoms with Gasteiger partial charge in [-0.05, 0) is 36.0 Å². The zero-order valence-electron chi connectivity index (χ0n) is 22.7. The molecule has 10 nitrogen and oxygen atoms in total. The minimum absolute atomic E-state index is 0.0562. The highest BCUT2D eigenvalue weighted by atomic mass is 32.1. The van der Waals surface area contributed by atoms with E-state index in [9.17, 15) is 19.6 Å². The number of aryl methyl sites for hydroxylation is 1. The summed E-state index contributed by atoms with van der Waals surface area (Å²) in [7, 11) is -4.99. The molecule has 0 radical (unpaired) electrons. The fourth-order valence-electron chi connectivity index (χ4n) is 4.05. The number of aliphatic hydroxyl groups is 2. The van der Waals surface area contributed by atoms with Gasteiger partial charge in [-0.15, -0.1) is 0 Å². The summed E-state index contributed by atoms with van der Waals surface area (Å²) in [4.78, 5) is 14.6. The largest absolute Gasteiger partial charge is 0.530 e. The van der Waals surface area contributed by atoms with E-state index < -0.39 is 56.8 Å². The van der Waals surface area contributed by atoms with Crippen LogP contribution in [0.3, 0.4) is 0 Å². The van der Waals surface area contributed by atoms with Crippen molar-refractivity contribution in [2.45, 2.75) is 77.4 Å². The Labute approximate surface area is 219 Å². The molecule has 5 atom stereocenters. The molecule has 4 rings (SSSR count). The van der Waals surface area contributed by atoms with Gasteiger partial charge in [-0.2, -0.15) is 0 Å². The maximum Gasteiger partial charge on any atom is 0.530 e. The van der Waals surface area contributed by atoms with E-state index in [0.717, 1.165) is 6.20 Å². The van der Waals surface area contributed by atoms with Crippen LogP contribution in [0, 0.1) is 17.4 Å². The second-order valence-electron chi connectivity index (χ2n) is 9.56. The summed E-state index contributed by atoms with van der Waals surface area (Å²) >= 11 is 4.96. The molecule has 204 valence electrons. The molecular formula is C23H29F2N2O8PS. The molecule has 1 unspecified atom stereocenters. The summed E-state index contributed by atoms with van der Waals surface area (Å²) in [5.41, 5.74) is 0.168. The lowest BCUT2D eigenvalue weighted by molar-refractivity contribution is -0.205. The second kappa shape index (κ2) is 9.96. The molecule has 2 aromatic rings. The van der Waals surface area contributed by atoms with Gasteiger partial charge in [0.05, 0.1) is 14.9 Å². The minimum atomic E-state index is -4.99. The van der Waals surface area contributed by atoms with Crippen molar-refractivity contribution in [2.75, 3.05) is 6.56 Å². The number of alkyl halides is 1. The van der Waals surface area contributed by atoms with Crippen molar-refractivity contribution in [3.8, 4) is 5.75 Å². The normalized spacial score (nSPS) is 30.7. The van der Waals surface area contributed by atoms with Crippen LogP contribution in [-0.2, 0) is 25.0 Å². The third-order valence-corrected chi connectivity index (χ3v) is 7.78. The van der Waals surface area contributed by atoms with Crippen molar-refractivity contribution in [3.05, 3.63) is 55.5 Å². The Morgan fingerprint density at radius 3 is 2.62 bits per heavy atom. The maximum atomic E-state index is 16.0. The molecular weight excluding hydrogens is 533 g/mol. The lowest BCUT2D eigenvalue weighted by atomic mass is 9.91. The van der Waals surface area contributed by atoms with Crippen molar-refractivity contribution in [1.29, 1.82) is 0 Å². The number of halogens is 2. The highest BCUT2D eigenvalue weighted by Crippen LogP contribution is 2.58. The van der Waals surface area contributed by atoms with Crippen LogP contribution in [0.5, 0.6) is 5.75 Å². The molecule has 0 aliphatic carbocycles. The third-order valence-electron chi connectivity index (χ3n) is 6.18. The Bertz CT molecular complexity index is 1470. The van der Waals surface area contributed by atoms with Crippen LogP contribution < -0.4 is 10.2 Å². The Hall–Kier alpha value is -1.99. The number of phosphoric ester groups is 1. The molecule has 2 aliphatic heterocycles. The van der Waals surface area contributed by atoms with E-state index in [1.165, 1.54) is 6.92 Å². The van der Waals surface area contributed by atoms with Gasteiger partial charge in [-0.3, -0.25) is 18.6 Å². The van der Waals surface area contributed by atoms with Crippen LogP contribution in [0.2, 0.25) is 0 Å². The lowest BCUT2D eigenvalue weighted by Crippen LogP contribution is -2.43. The molecule has 1 saturated heterocycles. The standard InChI is InChI=1S/C23H29F2N2O8PS/c1-10(2)13-6-14(11(3)4)18-15(16(13)24)8-32-36(31,35-18)33-9-23(25)19(29)17(28)21(34-23)27-7-12(5)20(37)26-22(27)30/h6-7,10-11,17,19,21,28-29H,8-9H2,1-5H3,(H,26,30,37)/t17-,19+,21-,23-,36?/m1/s1/i9D2. The molecule has 0 spiro atoms. The summed E-state index contributed by atoms with van der Waals surface area (Å²) in [5.74, 6) is -5.14. The van der Waals surface area contributed by atoms with Crippen LogP contribution in [0.25, 0.3) is 0 Å². The van der Waals surface area contributed by atoms with Gasteiger partial charge in [0, 0.05) is 11.8 Å². The van der Waals surface area contributed by atoms with E-state index in [-0.39, 0.29) is 27.8 Å². The first kappa shape index (κ1) is 25.3. The zero-order valence-corrected chi connectivity index (χ0v) is 22.4. The number of aromatic nitrogens is 2. The first-order chi connectivity index (χ1) is 17.9. The quantitative estimate of drug-likeness (QED) is 0.348. The van der Waals surface area contributed by atoms with Gasteiger partial charge >= 0.3 is 13.5 Å². The minimum Gasteiger partial charge on any atom is -0.403 e. The Balaban J connectivity index is 1.68. The van der Waals surface area contributed by atoms with Gasteiger partial charge in [0.15, 0.2) is 6.23 Å². The molecule has 0 amide bonds. The predicted octanol–water partition coefficient (Wildman–Crippen LogP) is 4.25. The molecule has 0 bridgehead atoms. The number of nitrogens with one attached hydrogen (secondary N) is 1. The second-order valence-corrected chi connectivity index (χ2v) is 11.5. The molecule has 1 fully saturated rings. The van der Waals surface area contributed by atoms with Crippen LogP contribution in [0.1, 0.15) is 70.8 Å². The average Bonchev–Trinajstić information content (AvgIpc) is 3.06. The highest BCUT2D eigenvalue weighted by Gasteiger charge is 2.58. The molecule has 3 N–H and O–H groups in total. The number of hydrogen-bond acceptors (Lipinski definition) is 9. The predicted molar refractivity (Wildman–Crippen MR) is 130 cm³/mol. The molecule has 1 aromatic carbocycles. The third kappa shape index (κ3) is 5.06. The molecule has 0 saturated carbocycles. The van der Waals surface area contributed by atoms with Crippen molar-refractivity contribution in [1.82, 2.24) is 9.55 Å². The van der Waals surface area contributed by atoms with Crippen molar-refractivity contribution in [3.63, 3.8) is 0 Å². The van der Waals surface area contributed by atoms with Crippen molar-refractivity contribution in [2.24, 2.45) is 0 Å². The van der Waals surface area contributed by atoms with Gasteiger partial charge in [0.2, 0.25) is 0 Å². The van der Waals surface area contributed by atoms with Gasteiger partial charge in [-0.25, -0.2) is 18.1 Å². The van der Waals surface area contributed by atoms with E-state index in [0.29, 0.717) is 21.3 Å². The number of ether oxygens (including phenoxy) is 1. The fourth-order valence-corrected chi connectivity index (χ4v) is 5.29. The van der Waals surface area contributed by atoms with Crippen molar-refractivity contribution < 1.29 is 44.6 Å². The molecule has 3 heterocycles. The summed E-state index contributed by atoms with van der Waals surface area (Å²) in [6.45, 7) is 4.23. The number of phosphoric acid groups is 1. The number of aliphatic hydroxyl groups excluding tert-OH is 2. The number of rotatable bonds is 6. The summed E-state index contributed by atoms with van der Waals surface area (Å²) in [6.07, 6.45) is -5.58. The number of nitrogens with zero attached hydrogens (tertiary/aromatic N) is 1. The first-order valence-corrected chi connectivity index (χ1v) is 13.3. The van der Waals surface area contributed by atoms with Gasteiger partial charge in [0.25, 0.3) is 5.85 Å². The monoisotopic (exact) mass is 564 g/mol. The molecule has 14 heteroatoms. The highest BCUT2D eigenvalue weighted by molar-refractivity contribution is 7.71. The van der Waals surface area contributed by atoms with E-state index >= 15 is 8.78 Å². The lowest BCUT2D eigenvalue weighted by Gasteiger charge is -2.31. The number of aromatic amines is 1. The van der Waals surface area contributed by atoms with Gasteiger partial charge in [-0.1, -0.05) is 39.9 Å². The van der Waals surface area contributed by atoms with E-state index in [1.807, 2.05) is 0 Å². The average molecular weight is 565 g/mol. The van der Waals surface area contributed by atoms with E-state index in [2.05, 4.69) is 4.98 Å². The number of benzene rings is 1. The summed E-state index contributed by atoms with van der Waals surface area (Å²) in [6, 6.07) is 1.54. The number of hydrogen-bond donors (Lipinski definition) is 3. The van der Waals surface area contributed by atoms with Crippen LogP contribution in [0.4, 0.5) is 8.78 Å². The van der Waals surface area contributed by atoms with Gasteiger partial charge < -0.3 is 19.5 Å². The van der Waals surface area contributed by atoms with E-state index in [4.69, 9.17) is 33.3 Å². The number of H-pyrrole nitrogens is 1. The molecule has 37 heavy (non-hydrogen) atoms. The van der Waals surface area contributed by atoms with Crippen LogP contribution >= 0.6 is 20.0 Å². The first-order valence-electron chi connectivity index (χ1n) is 12.5. The number of fused-ring (bicyclic) bond motifs is 1. The molecule has 2 aliphatic rings. The zero-order chi connectivity index (χ0) is 29.2. The SMILES string of the molecule is [2H]C([2H])(OP1(=O)OCc2c(F)c(C(C)C)cc(C(C)C)c2O1)[C@@]1(F)O[C@@H](n2cc(C)c(=S)[nH]c2=O)[C@H](O)[C@@H]1O. The Morgan fingerprint density at radius 1 is 1.35 bits per heavy atom. The van der Waals surface area contributed by atoms with Gasteiger partial charge in [0.1, 0.15) is 35.0 Å². The smallest absolute Gasteiger partial charge is 0.403 e. The summed E-state index contributed by atoms with van der Waals surface area (Å²) in [5, 5.41) is 21.0. The Kier molecular flexibility index (Phi) is 6.81.